The van der Waals surface area contributed by atoms with Gasteiger partial charge in [-0.25, -0.2) is 9.97 Å². The van der Waals surface area contributed by atoms with Crippen molar-refractivity contribution in [1.29, 1.82) is 0 Å². The molecule has 0 aliphatic carbocycles. The molecule has 2 aromatic rings. The zero-order valence-electron chi connectivity index (χ0n) is 12.9. The van der Waals surface area contributed by atoms with Crippen molar-refractivity contribution < 1.29 is 0 Å². The van der Waals surface area contributed by atoms with Crippen LogP contribution in [0.1, 0.15) is 61.6 Å². The Morgan fingerprint density at radius 3 is 2.30 bits per heavy atom. The molecule has 20 heavy (non-hydrogen) atoms. The molecule has 5 heteroatoms. The van der Waals surface area contributed by atoms with Gasteiger partial charge in [0.1, 0.15) is 16.1 Å². The van der Waals surface area contributed by atoms with E-state index in [0.717, 1.165) is 34.4 Å². The second-order valence-corrected chi connectivity index (χ2v) is 7.81. The van der Waals surface area contributed by atoms with Crippen molar-refractivity contribution in [2.75, 3.05) is 6.54 Å². The topological polar surface area (TPSA) is 37.8 Å². The highest BCUT2D eigenvalue weighted by Crippen LogP contribution is 2.31. The molecular weight excluding hydrogens is 286 g/mol. The van der Waals surface area contributed by atoms with E-state index >= 15 is 0 Å². The summed E-state index contributed by atoms with van der Waals surface area (Å²) in [5, 5.41) is 10.1. The van der Waals surface area contributed by atoms with Crippen molar-refractivity contribution in [3.63, 3.8) is 0 Å². The maximum atomic E-state index is 4.84. The van der Waals surface area contributed by atoms with Gasteiger partial charge in [0, 0.05) is 21.9 Å². The van der Waals surface area contributed by atoms with Crippen LogP contribution in [0, 0.1) is 6.92 Å². The lowest BCUT2D eigenvalue weighted by Crippen LogP contribution is -2.23. The fourth-order valence-electron chi connectivity index (χ4n) is 1.84. The van der Waals surface area contributed by atoms with Crippen LogP contribution in [0.3, 0.4) is 0 Å². The summed E-state index contributed by atoms with van der Waals surface area (Å²) in [5.74, 6) is 0. The van der Waals surface area contributed by atoms with E-state index in [1.54, 1.807) is 22.7 Å². The summed E-state index contributed by atoms with van der Waals surface area (Å²) in [4.78, 5) is 9.48. The molecule has 0 aromatic carbocycles. The van der Waals surface area contributed by atoms with E-state index in [4.69, 9.17) is 4.98 Å². The lowest BCUT2D eigenvalue weighted by atomic mass is 9.93. The molecular formula is C15H23N3S2. The number of hydrogen-bond donors (Lipinski definition) is 1. The Bertz CT molecular complexity index is 551. The van der Waals surface area contributed by atoms with Crippen LogP contribution in [0.25, 0.3) is 0 Å². The smallest absolute Gasteiger partial charge is 0.117 e. The van der Waals surface area contributed by atoms with Crippen LogP contribution in [0.15, 0.2) is 10.8 Å². The standard InChI is InChI=1S/C15H23N3S2/c1-6-7-16-12(13-17-10(2)8-19-13)14-18-11(9-20-14)15(3,4)5/h8-9,12,16H,6-7H2,1-5H3. The van der Waals surface area contributed by atoms with Crippen molar-refractivity contribution in [2.24, 2.45) is 0 Å². The van der Waals surface area contributed by atoms with Gasteiger partial charge >= 0.3 is 0 Å². The highest BCUT2D eigenvalue weighted by atomic mass is 32.1. The van der Waals surface area contributed by atoms with Gasteiger partial charge in [0.2, 0.25) is 0 Å². The first-order valence-corrected chi connectivity index (χ1v) is 8.79. The third-order valence-electron chi connectivity index (χ3n) is 3.02. The summed E-state index contributed by atoms with van der Waals surface area (Å²) in [5.41, 5.74) is 2.35. The van der Waals surface area contributed by atoms with Crippen molar-refractivity contribution in [2.45, 2.75) is 52.5 Å². The first-order valence-electron chi connectivity index (χ1n) is 7.03. The predicted molar refractivity (Wildman–Crippen MR) is 87.8 cm³/mol. The molecule has 2 rings (SSSR count). The van der Waals surface area contributed by atoms with Gasteiger partial charge in [-0.05, 0) is 19.9 Å². The van der Waals surface area contributed by atoms with Gasteiger partial charge in [0.15, 0.2) is 0 Å². The Morgan fingerprint density at radius 2 is 1.80 bits per heavy atom. The molecule has 0 bridgehead atoms. The zero-order chi connectivity index (χ0) is 14.8. The fraction of sp³-hybridized carbons (Fsp3) is 0.600. The third-order valence-corrected chi connectivity index (χ3v) is 4.96. The van der Waals surface area contributed by atoms with Crippen LogP contribution in [0.5, 0.6) is 0 Å². The highest BCUT2D eigenvalue weighted by Gasteiger charge is 2.23. The molecule has 0 aliphatic rings. The Balaban J connectivity index is 2.29. The summed E-state index contributed by atoms with van der Waals surface area (Å²) in [6.45, 7) is 11.8. The second-order valence-electron chi connectivity index (χ2n) is 6.04. The normalized spacial score (nSPS) is 13.7. The fourth-order valence-corrected chi connectivity index (χ4v) is 3.91. The molecule has 0 spiro atoms. The molecule has 0 amide bonds. The molecule has 0 radical (unpaired) electrons. The number of aryl methyl sites for hydroxylation is 1. The van der Waals surface area contributed by atoms with E-state index in [-0.39, 0.29) is 11.5 Å². The monoisotopic (exact) mass is 309 g/mol. The number of thiazole rings is 2. The number of nitrogens with zero attached hydrogens (tertiary/aromatic N) is 2. The van der Waals surface area contributed by atoms with Gasteiger partial charge in [-0.2, -0.15) is 0 Å². The lowest BCUT2D eigenvalue weighted by molar-refractivity contribution is 0.556. The average Bonchev–Trinajstić information content (AvgIpc) is 2.99. The minimum absolute atomic E-state index is 0.100. The summed E-state index contributed by atoms with van der Waals surface area (Å²) in [6.07, 6.45) is 1.11. The minimum atomic E-state index is 0.100. The van der Waals surface area contributed by atoms with Gasteiger partial charge in [-0.3, -0.25) is 0 Å². The molecule has 3 nitrogen and oxygen atoms in total. The molecule has 1 atom stereocenters. The van der Waals surface area contributed by atoms with Gasteiger partial charge in [0.25, 0.3) is 0 Å². The van der Waals surface area contributed by atoms with Crippen LogP contribution >= 0.6 is 22.7 Å². The number of hydrogen-bond acceptors (Lipinski definition) is 5. The Labute approximate surface area is 129 Å². The SMILES string of the molecule is CCCNC(c1nc(C)cs1)c1nc(C(C)(C)C)cs1. The summed E-state index contributed by atoms with van der Waals surface area (Å²) < 4.78 is 0. The largest absolute Gasteiger partial charge is 0.302 e. The number of nitrogens with one attached hydrogen (secondary N) is 1. The number of aromatic nitrogens is 2. The molecule has 1 N–H and O–H groups in total. The summed E-state index contributed by atoms with van der Waals surface area (Å²) in [6, 6.07) is 0.134. The summed E-state index contributed by atoms with van der Waals surface area (Å²) >= 11 is 3.44. The van der Waals surface area contributed by atoms with Gasteiger partial charge in [0.05, 0.1) is 5.69 Å². The highest BCUT2D eigenvalue weighted by molar-refractivity contribution is 7.11. The van der Waals surface area contributed by atoms with E-state index in [0.29, 0.717) is 0 Å². The number of rotatable bonds is 5. The van der Waals surface area contributed by atoms with E-state index in [1.165, 1.54) is 0 Å². The minimum Gasteiger partial charge on any atom is -0.302 e. The molecule has 0 saturated carbocycles. The van der Waals surface area contributed by atoms with E-state index in [1.807, 2.05) is 6.92 Å². The quantitative estimate of drug-likeness (QED) is 0.895. The van der Waals surface area contributed by atoms with E-state index < -0.39 is 0 Å². The first kappa shape index (κ1) is 15.6. The molecule has 0 saturated heterocycles. The maximum absolute atomic E-state index is 4.84. The van der Waals surface area contributed by atoms with Crippen molar-refractivity contribution >= 4 is 22.7 Å². The molecule has 2 aromatic heterocycles. The van der Waals surface area contributed by atoms with Gasteiger partial charge < -0.3 is 5.32 Å². The van der Waals surface area contributed by atoms with Crippen LogP contribution in [0.2, 0.25) is 0 Å². The van der Waals surface area contributed by atoms with Crippen LogP contribution in [-0.2, 0) is 5.41 Å². The van der Waals surface area contributed by atoms with Crippen LogP contribution in [0.4, 0.5) is 0 Å². The van der Waals surface area contributed by atoms with Crippen LogP contribution in [-0.4, -0.2) is 16.5 Å². The Kier molecular flexibility index (Phi) is 4.94. The second kappa shape index (κ2) is 6.33. The van der Waals surface area contributed by atoms with Crippen molar-refractivity contribution in [1.82, 2.24) is 15.3 Å². The molecule has 1 unspecified atom stereocenters. The molecule has 0 aliphatic heterocycles. The van der Waals surface area contributed by atoms with Crippen molar-refractivity contribution in [3.05, 3.63) is 32.2 Å². The van der Waals surface area contributed by atoms with Gasteiger partial charge in [-0.1, -0.05) is 27.7 Å². The first-order chi connectivity index (χ1) is 9.41. The van der Waals surface area contributed by atoms with Gasteiger partial charge in [-0.15, -0.1) is 22.7 Å². The van der Waals surface area contributed by atoms with E-state index in [2.05, 4.69) is 48.8 Å². The van der Waals surface area contributed by atoms with Crippen LogP contribution < -0.4 is 5.32 Å². The molecule has 110 valence electrons. The zero-order valence-corrected chi connectivity index (χ0v) is 14.5. The lowest BCUT2D eigenvalue weighted by Gasteiger charge is -2.16. The molecule has 0 fully saturated rings. The Hall–Kier alpha value is -0.780. The molecule has 2 heterocycles. The third kappa shape index (κ3) is 3.65. The Morgan fingerprint density at radius 1 is 1.15 bits per heavy atom. The van der Waals surface area contributed by atoms with E-state index in [9.17, 15) is 0 Å². The van der Waals surface area contributed by atoms with Crippen molar-refractivity contribution in [3.8, 4) is 0 Å². The maximum Gasteiger partial charge on any atom is 0.117 e. The predicted octanol–water partition coefficient (Wildman–Crippen LogP) is 4.29. The summed E-state index contributed by atoms with van der Waals surface area (Å²) in [7, 11) is 0. The average molecular weight is 310 g/mol.